The molecule has 0 aliphatic carbocycles. The summed E-state index contributed by atoms with van der Waals surface area (Å²) in [5, 5.41) is 0.894. The summed E-state index contributed by atoms with van der Waals surface area (Å²) in [6.45, 7) is 0. The van der Waals surface area contributed by atoms with Gasteiger partial charge in [0.2, 0.25) is 0 Å². The Labute approximate surface area is 136 Å². The van der Waals surface area contributed by atoms with Crippen LogP contribution in [-0.4, -0.2) is 9.38 Å². The lowest BCUT2D eigenvalue weighted by Gasteiger charge is -2.04. The van der Waals surface area contributed by atoms with Crippen molar-refractivity contribution in [3.05, 3.63) is 83.5 Å². The zero-order valence-electron chi connectivity index (χ0n) is 12.0. The van der Waals surface area contributed by atoms with Crippen molar-refractivity contribution in [2.24, 2.45) is 0 Å². The molecule has 0 radical (unpaired) electrons. The number of benzene rings is 1. The molecule has 0 atom stereocenters. The van der Waals surface area contributed by atoms with E-state index in [0.29, 0.717) is 4.90 Å². The Balaban J connectivity index is 1.93. The Morgan fingerprint density at radius 3 is 2.61 bits per heavy atom. The maximum Gasteiger partial charge on any atom is 0.349 e. The molecule has 1 aromatic carbocycles. The molecule has 3 aromatic heterocycles. The SMILES string of the molecule is O=c1occcc1Sc1c(-c2ccccc2)nc2ccccn12. The molecule has 0 amide bonds. The number of hydrogen-bond donors (Lipinski definition) is 0. The highest BCUT2D eigenvalue weighted by Crippen LogP contribution is 2.35. The molecule has 0 unspecified atom stereocenters. The van der Waals surface area contributed by atoms with Crippen LogP contribution < -0.4 is 5.63 Å². The normalized spacial score (nSPS) is 11.0. The third kappa shape index (κ3) is 2.55. The van der Waals surface area contributed by atoms with E-state index < -0.39 is 0 Å². The van der Waals surface area contributed by atoms with Crippen LogP contribution in [0.3, 0.4) is 0 Å². The number of rotatable bonds is 3. The number of fused-ring (bicyclic) bond motifs is 1. The topological polar surface area (TPSA) is 47.5 Å². The highest BCUT2D eigenvalue weighted by atomic mass is 32.2. The highest BCUT2D eigenvalue weighted by molar-refractivity contribution is 7.99. The molecule has 3 heterocycles. The van der Waals surface area contributed by atoms with Gasteiger partial charge in [0.05, 0.1) is 11.2 Å². The standard InChI is InChI=1S/C18H12N2O2S/c21-18-14(9-6-12-22-18)23-17-16(13-7-2-1-3-8-13)19-15-10-4-5-11-20(15)17/h1-12H. The van der Waals surface area contributed by atoms with E-state index in [1.54, 1.807) is 12.1 Å². The van der Waals surface area contributed by atoms with Gasteiger partial charge in [0, 0.05) is 11.8 Å². The van der Waals surface area contributed by atoms with E-state index in [1.165, 1.54) is 18.0 Å². The van der Waals surface area contributed by atoms with Gasteiger partial charge in [-0.1, -0.05) is 48.2 Å². The largest absolute Gasteiger partial charge is 0.431 e. The molecule has 0 aliphatic rings. The maximum absolute atomic E-state index is 11.9. The third-order valence-electron chi connectivity index (χ3n) is 3.44. The van der Waals surface area contributed by atoms with Gasteiger partial charge in [0.1, 0.15) is 16.4 Å². The average Bonchev–Trinajstić information content (AvgIpc) is 2.96. The molecule has 5 heteroatoms. The van der Waals surface area contributed by atoms with Gasteiger partial charge in [-0.25, -0.2) is 9.78 Å². The number of imidazole rings is 1. The van der Waals surface area contributed by atoms with Crippen molar-refractivity contribution < 1.29 is 4.42 Å². The van der Waals surface area contributed by atoms with Crippen LogP contribution in [0.5, 0.6) is 0 Å². The van der Waals surface area contributed by atoms with Crippen LogP contribution in [0.25, 0.3) is 16.9 Å². The Morgan fingerprint density at radius 2 is 1.78 bits per heavy atom. The first-order chi connectivity index (χ1) is 11.3. The molecule has 4 nitrogen and oxygen atoms in total. The van der Waals surface area contributed by atoms with E-state index in [9.17, 15) is 4.79 Å². The Kier molecular flexibility index (Phi) is 3.48. The summed E-state index contributed by atoms with van der Waals surface area (Å²) in [4.78, 5) is 17.2. The second kappa shape index (κ2) is 5.78. The van der Waals surface area contributed by atoms with E-state index >= 15 is 0 Å². The van der Waals surface area contributed by atoms with E-state index in [0.717, 1.165) is 21.9 Å². The summed E-state index contributed by atoms with van der Waals surface area (Å²) in [6, 6.07) is 19.3. The van der Waals surface area contributed by atoms with Gasteiger partial charge in [0.25, 0.3) is 0 Å². The fourth-order valence-corrected chi connectivity index (χ4v) is 3.39. The first-order valence-electron chi connectivity index (χ1n) is 7.11. The van der Waals surface area contributed by atoms with Crippen molar-refractivity contribution >= 4 is 17.4 Å². The molecular formula is C18H12N2O2S. The molecule has 0 aliphatic heterocycles. The monoisotopic (exact) mass is 320 g/mol. The van der Waals surface area contributed by atoms with Gasteiger partial charge in [-0.05, 0) is 24.3 Å². The summed E-state index contributed by atoms with van der Waals surface area (Å²) in [7, 11) is 0. The van der Waals surface area contributed by atoms with Crippen LogP contribution in [0.15, 0.2) is 92.3 Å². The molecule has 0 bridgehead atoms. The molecule has 0 saturated carbocycles. The van der Waals surface area contributed by atoms with Gasteiger partial charge in [-0.15, -0.1) is 0 Å². The minimum Gasteiger partial charge on any atom is -0.431 e. The summed E-state index contributed by atoms with van der Waals surface area (Å²) in [5.41, 5.74) is 2.36. The lowest BCUT2D eigenvalue weighted by atomic mass is 10.2. The highest BCUT2D eigenvalue weighted by Gasteiger charge is 2.16. The van der Waals surface area contributed by atoms with Gasteiger partial charge < -0.3 is 4.42 Å². The molecule has 0 spiro atoms. The molecule has 0 N–H and O–H groups in total. The van der Waals surface area contributed by atoms with Crippen molar-refractivity contribution in [2.75, 3.05) is 0 Å². The zero-order valence-corrected chi connectivity index (χ0v) is 12.9. The van der Waals surface area contributed by atoms with E-state index in [1.807, 2.05) is 59.1 Å². The fourth-order valence-electron chi connectivity index (χ4n) is 2.39. The predicted octanol–water partition coefficient (Wildman–Crippen LogP) is 4.11. The number of pyridine rings is 1. The first kappa shape index (κ1) is 13.8. The van der Waals surface area contributed by atoms with Crippen molar-refractivity contribution in [1.29, 1.82) is 0 Å². The molecule has 0 saturated heterocycles. The van der Waals surface area contributed by atoms with Crippen LogP contribution >= 0.6 is 11.8 Å². The van der Waals surface area contributed by atoms with Crippen molar-refractivity contribution in [3.8, 4) is 11.3 Å². The van der Waals surface area contributed by atoms with Crippen LogP contribution in [0.1, 0.15) is 0 Å². The summed E-state index contributed by atoms with van der Waals surface area (Å²) in [6.07, 6.45) is 3.33. The van der Waals surface area contributed by atoms with Crippen LogP contribution in [-0.2, 0) is 0 Å². The number of aromatic nitrogens is 2. The van der Waals surface area contributed by atoms with Gasteiger partial charge in [-0.2, -0.15) is 0 Å². The molecule has 4 rings (SSSR count). The molecular weight excluding hydrogens is 308 g/mol. The minimum atomic E-state index is -0.345. The van der Waals surface area contributed by atoms with E-state index in [2.05, 4.69) is 0 Å². The zero-order chi connectivity index (χ0) is 15.6. The number of hydrogen-bond acceptors (Lipinski definition) is 4. The number of nitrogens with zero attached hydrogens (tertiary/aromatic N) is 2. The van der Waals surface area contributed by atoms with Crippen LogP contribution in [0, 0.1) is 0 Å². The lowest BCUT2D eigenvalue weighted by Crippen LogP contribution is -2.00. The van der Waals surface area contributed by atoms with Gasteiger partial charge in [0.15, 0.2) is 0 Å². The summed E-state index contributed by atoms with van der Waals surface area (Å²) >= 11 is 1.37. The smallest absolute Gasteiger partial charge is 0.349 e. The summed E-state index contributed by atoms with van der Waals surface area (Å²) < 4.78 is 6.94. The van der Waals surface area contributed by atoms with Crippen molar-refractivity contribution in [1.82, 2.24) is 9.38 Å². The van der Waals surface area contributed by atoms with E-state index in [4.69, 9.17) is 9.40 Å². The predicted molar refractivity (Wildman–Crippen MR) is 89.7 cm³/mol. The van der Waals surface area contributed by atoms with Crippen molar-refractivity contribution in [2.45, 2.75) is 9.92 Å². The van der Waals surface area contributed by atoms with Gasteiger partial charge >= 0.3 is 5.63 Å². The Bertz CT molecular complexity index is 1020. The van der Waals surface area contributed by atoms with Crippen molar-refractivity contribution in [3.63, 3.8) is 0 Å². The Morgan fingerprint density at radius 1 is 0.957 bits per heavy atom. The quantitative estimate of drug-likeness (QED) is 0.570. The average molecular weight is 320 g/mol. The van der Waals surface area contributed by atoms with E-state index in [-0.39, 0.29) is 5.63 Å². The molecule has 23 heavy (non-hydrogen) atoms. The molecule has 4 aromatic rings. The third-order valence-corrected chi connectivity index (χ3v) is 4.55. The molecule has 112 valence electrons. The van der Waals surface area contributed by atoms with Crippen LogP contribution in [0.4, 0.5) is 0 Å². The molecule has 0 fully saturated rings. The fraction of sp³-hybridized carbons (Fsp3) is 0. The van der Waals surface area contributed by atoms with Gasteiger partial charge in [-0.3, -0.25) is 4.40 Å². The van der Waals surface area contributed by atoms with Crippen LogP contribution in [0.2, 0.25) is 0 Å². The maximum atomic E-state index is 11.9. The Hall–Kier alpha value is -2.79. The minimum absolute atomic E-state index is 0.345. The first-order valence-corrected chi connectivity index (χ1v) is 7.93. The second-order valence-corrected chi connectivity index (χ2v) is 5.96. The second-order valence-electron chi connectivity index (χ2n) is 4.93. The lowest BCUT2D eigenvalue weighted by molar-refractivity contribution is 0.494. The summed E-state index contributed by atoms with van der Waals surface area (Å²) in [5.74, 6) is 0.